The van der Waals surface area contributed by atoms with E-state index in [2.05, 4.69) is 78.8 Å². The summed E-state index contributed by atoms with van der Waals surface area (Å²) < 4.78 is 1.16. The third-order valence-corrected chi connectivity index (χ3v) is 3.44. The molecular formula is C14H15BrN. The van der Waals surface area contributed by atoms with Crippen LogP contribution in [0.15, 0.2) is 28.7 Å². The fourth-order valence-electron chi connectivity index (χ4n) is 2.02. The molecule has 2 heteroatoms. The van der Waals surface area contributed by atoms with Gasteiger partial charge in [0.05, 0.1) is 0 Å². The van der Waals surface area contributed by atoms with E-state index in [-0.39, 0.29) is 0 Å². The van der Waals surface area contributed by atoms with Crippen molar-refractivity contribution in [3.8, 4) is 0 Å². The molecule has 1 aliphatic carbocycles. The largest absolute Gasteiger partial charge is 0.302 e. The molecule has 0 heterocycles. The Morgan fingerprint density at radius 2 is 1.69 bits per heavy atom. The van der Waals surface area contributed by atoms with Crippen LogP contribution in [0.3, 0.4) is 0 Å². The van der Waals surface area contributed by atoms with Crippen LogP contribution in [0.4, 0.5) is 0 Å². The summed E-state index contributed by atoms with van der Waals surface area (Å²) in [6.45, 7) is 0. The van der Waals surface area contributed by atoms with Crippen molar-refractivity contribution >= 4 is 15.9 Å². The van der Waals surface area contributed by atoms with E-state index in [1.165, 1.54) is 11.5 Å². The molecule has 16 heavy (non-hydrogen) atoms. The molecule has 2 rings (SSSR count). The Morgan fingerprint density at radius 1 is 1.06 bits per heavy atom. The molecule has 0 bridgehead atoms. The molecule has 1 aliphatic rings. The molecule has 0 N–H and O–H groups in total. The van der Waals surface area contributed by atoms with E-state index in [0.717, 1.165) is 4.47 Å². The van der Waals surface area contributed by atoms with Crippen LogP contribution in [0.25, 0.3) is 0 Å². The Hall–Kier alpha value is -0.340. The van der Waals surface area contributed by atoms with Crippen molar-refractivity contribution in [2.24, 2.45) is 0 Å². The zero-order valence-electron chi connectivity index (χ0n) is 9.52. The summed E-state index contributed by atoms with van der Waals surface area (Å²) in [6, 6.07) is 8.70. The molecule has 0 amide bonds. The molecule has 1 saturated carbocycles. The van der Waals surface area contributed by atoms with Crippen molar-refractivity contribution in [1.82, 2.24) is 4.90 Å². The summed E-state index contributed by atoms with van der Waals surface area (Å²) >= 11 is 3.62. The van der Waals surface area contributed by atoms with Crippen molar-refractivity contribution in [2.45, 2.75) is 6.04 Å². The van der Waals surface area contributed by atoms with Crippen LogP contribution in [0, 0.1) is 31.6 Å². The molecule has 1 nitrogen and oxygen atoms in total. The van der Waals surface area contributed by atoms with Crippen LogP contribution in [0.1, 0.15) is 11.6 Å². The quantitative estimate of drug-likeness (QED) is 0.818. The highest BCUT2D eigenvalue weighted by Crippen LogP contribution is 2.40. The van der Waals surface area contributed by atoms with Gasteiger partial charge in [0, 0.05) is 16.4 Å². The molecule has 1 atom stereocenters. The van der Waals surface area contributed by atoms with Crippen LogP contribution in [0.5, 0.6) is 0 Å². The predicted molar refractivity (Wildman–Crippen MR) is 71.0 cm³/mol. The minimum absolute atomic E-state index is 0.311. The maximum atomic E-state index is 3.62. The lowest BCUT2D eigenvalue weighted by molar-refractivity contribution is 0.320. The van der Waals surface area contributed by atoms with Gasteiger partial charge in [0.25, 0.3) is 0 Å². The summed E-state index contributed by atoms with van der Waals surface area (Å²) in [4.78, 5) is 2.23. The van der Waals surface area contributed by atoms with Gasteiger partial charge >= 0.3 is 0 Å². The monoisotopic (exact) mass is 276 g/mol. The summed E-state index contributed by atoms with van der Waals surface area (Å²) in [5, 5.41) is 0. The first kappa shape index (κ1) is 12.1. The van der Waals surface area contributed by atoms with Crippen LogP contribution >= 0.6 is 15.9 Å². The van der Waals surface area contributed by atoms with Crippen molar-refractivity contribution in [3.63, 3.8) is 0 Å². The van der Waals surface area contributed by atoms with Gasteiger partial charge in [-0.2, -0.15) is 0 Å². The molecule has 0 aliphatic heterocycles. The van der Waals surface area contributed by atoms with Crippen LogP contribution in [-0.2, 0) is 0 Å². The highest BCUT2D eigenvalue weighted by molar-refractivity contribution is 9.10. The Labute approximate surface area is 107 Å². The van der Waals surface area contributed by atoms with Gasteiger partial charge in [0.1, 0.15) is 0 Å². The number of hydrogen-bond acceptors (Lipinski definition) is 1. The smallest absolute Gasteiger partial charge is 0.0421 e. The van der Waals surface area contributed by atoms with Crippen molar-refractivity contribution < 1.29 is 0 Å². The Balaban J connectivity index is 2.28. The molecule has 0 spiro atoms. The molecule has 1 aromatic carbocycles. The van der Waals surface area contributed by atoms with Gasteiger partial charge in [0.2, 0.25) is 0 Å². The average molecular weight is 277 g/mol. The zero-order valence-corrected chi connectivity index (χ0v) is 11.1. The first-order valence-electron chi connectivity index (χ1n) is 5.32. The van der Waals surface area contributed by atoms with E-state index in [1.54, 1.807) is 0 Å². The molecule has 0 aromatic heterocycles. The second-order valence-electron chi connectivity index (χ2n) is 4.11. The number of halogens is 1. The minimum atomic E-state index is 0.311. The van der Waals surface area contributed by atoms with E-state index in [4.69, 9.17) is 0 Å². The van der Waals surface area contributed by atoms with Gasteiger partial charge in [-0.15, -0.1) is 0 Å². The van der Waals surface area contributed by atoms with Gasteiger partial charge in [-0.05, 0) is 51.4 Å². The Morgan fingerprint density at radius 3 is 2.25 bits per heavy atom. The SMILES string of the molecule is CN(C)[C@@H]([C]1[CH][CH][CH][CH]1)c1ccccc1Br. The van der Waals surface area contributed by atoms with Gasteiger partial charge in [-0.3, -0.25) is 0 Å². The second kappa shape index (κ2) is 5.33. The average Bonchev–Trinajstić information content (AvgIpc) is 2.74. The van der Waals surface area contributed by atoms with Crippen molar-refractivity contribution in [2.75, 3.05) is 14.1 Å². The highest BCUT2D eigenvalue weighted by Gasteiger charge is 2.30. The normalized spacial score (nSPS) is 19.2. The molecule has 0 saturated heterocycles. The van der Waals surface area contributed by atoms with Gasteiger partial charge in [-0.1, -0.05) is 34.1 Å². The zero-order chi connectivity index (χ0) is 11.5. The van der Waals surface area contributed by atoms with Crippen LogP contribution in [0.2, 0.25) is 0 Å². The summed E-state index contributed by atoms with van der Waals surface area (Å²) in [5.41, 5.74) is 1.30. The lowest BCUT2D eigenvalue weighted by atomic mass is 9.91. The predicted octanol–water partition coefficient (Wildman–Crippen LogP) is 3.46. The maximum absolute atomic E-state index is 3.62. The molecule has 1 aromatic rings. The van der Waals surface area contributed by atoms with E-state index < -0.39 is 0 Å². The summed E-state index contributed by atoms with van der Waals surface area (Å²) in [7, 11) is 4.22. The first-order chi connectivity index (χ1) is 7.70. The minimum Gasteiger partial charge on any atom is -0.302 e. The van der Waals surface area contributed by atoms with E-state index in [1.807, 2.05) is 6.07 Å². The maximum Gasteiger partial charge on any atom is 0.0421 e. The van der Waals surface area contributed by atoms with Crippen LogP contribution in [-0.4, -0.2) is 19.0 Å². The third-order valence-electron chi connectivity index (χ3n) is 2.72. The summed E-state index contributed by atoms with van der Waals surface area (Å²) in [6.07, 6.45) is 8.51. The molecule has 5 radical (unpaired) electrons. The van der Waals surface area contributed by atoms with E-state index in [0.29, 0.717) is 6.04 Å². The molecule has 1 fully saturated rings. The second-order valence-corrected chi connectivity index (χ2v) is 4.96. The van der Waals surface area contributed by atoms with E-state index in [9.17, 15) is 0 Å². The lowest BCUT2D eigenvalue weighted by Crippen LogP contribution is -2.25. The molecular weight excluding hydrogens is 262 g/mol. The fourth-order valence-corrected chi connectivity index (χ4v) is 2.53. The van der Waals surface area contributed by atoms with Gasteiger partial charge < -0.3 is 4.90 Å². The molecule has 0 unspecified atom stereocenters. The van der Waals surface area contributed by atoms with Crippen LogP contribution < -0.4 is 0 Å². The number of rotatable bonds is 3. The molecule has 83 valence electrons. The van der Waals surface area contributed by atoms with Gasteiger partial charge in [-0.25, -0.2) is 0 Å². The van der Waals surface area contributed by atoms with E-state index >= 15 is 0 Å². The number of hydrogen-bond donors (Lipinski definition) is 0. The lowest BCUT2D eigenvalue weighted by Gasteiger charge is -2.30. The standard InChI is InChI=1S/C14H15BrN/c1-16(2)14(11-7-3-4-8-11)12-9-5-6-10-13(12)15/h3-10,14H,1-2H3/t14-/m0/s1. The fraction of sp³-hybridized carbons (Fsp3) is 0.214. The van der Waals surface area contributed by atoms with Crippen molar-refractivity contribution in [1.29, 1.82) is 0 Å². The Kier molecular flexibility index (Phi) is 4.04. The third kappa shape index (κ3) is 2.49. The topological polar surface area (TPSA) is 3.24 Å². The highest BCUT2D eigenvalue weighted by atomic mass is 79.9. The number of nitrogens with zero attached hydrogens (tertiary/aromatic N) is 1. The summed E-state index contributed by atoms with van der Waals surface area (Å²) in [5.74, 6) is 1.33. The number of benzene rings is 1. The first-order valence-corrected chi connectivity index (χ1v) is 6.12. The Bertz CT molecular complexity index is 342. The van der Waals surface area contributed by atoms with Crippen molar-refractivity contribution in [3.05, 3.63) is 65.9 Å². The van der Waals surface area contributed by atoms with Gasteiger partial charge in [0.15, 0.2) is 0 Å².